The first-order chi connectivity index (χ1) is 11.2. The number of thiophene rings is 1. The minimum atomic E-state index is -0.391. The summed E-state index contributed by atoms with van der Waals surface area (Å²) in [6.07, 6.45) is 0. The molecule has 1 aliphatic heterocycles. The summed E-state index contributed by atoms with van der Waals surface area (Å²) < 4.78 is 0. The molecule has 0 radical (unpaired) electrons. The van der Waals surface area contributed by atoms with E-state index in [2.05, 4.69) is 5.32 Å². The van der Waals surface area contributed by atoms with Crippen LogP contribution in [0.1, 0.15) is 20.8 Å². The van der Waals surface area contributed by atoms with Gasteiger partial charge in [-0.15, -0.1) is 23.1 Å². The Balaban J connectivity index is 1.65. The van der Waals surface area contributed by atoms with E-state index < -0.39 is 6.04 Å². The van der Waals surface area contributed by atoms with E-state index in [4.69, 9.17) is 0 Å². The Morgan fingerprint density at radius 1 is 1.26 bits per heavy atom. The van der Waals surface area contributed by atoms with E-state index in [1.165, 1.54) is 11.3 Å². The van der Waals surface area contributed by atoms with Crippen LogP contribution < -0.4 is 5.32 Å². The SMILES string of the molecule is Cc1ccsc1C(=O)N1CSCC1C(=O)NCc1ccccc1. The van der Waals surface area contributed by atoms with Gasteiger partial charge in [0, 0.05) is 12.3 Å². The maximum Gasteiger partial charge on any atom is 0.265 e. The highest BCUT2D eigenvalue weighted by molar-refractivity contribution is 7.99. The van der Waals surface area contributed by atoms with E-state index in [0.717, 1.165) is 16.0 Å². The number of aryl methyl sites for hydroxylation is 1. The molecule has 23 heavy (non-hydrogen) atoms. The number of carbonyl (C=O) groups is 2. The number of nitrogens with zero attached hydrogens (tertiary/aromatic N) is 1. The Kier molecular flexibility index (Phi) is 5.03. The second-order valence-corrected chi connectivity index (χ2v) is 7.34. The predicted molar refractivity (Wildman–Crippen MR) is 94.6 cm³/mol. The Morgan fingerprint density at radius 2 is 2.04 bits per heavy atom. The summed E-state index contributed by atoms with van der Waals surface area (Å²) in [6.45, 7) is 2.42. The summed E-state index contributed by atoms with van der Waals surface area (Å²) in [5.41, 5.74) is 2.03. The first-order valence-corrected chi connectivity index (χ1v) is 9.44. The average molecular weight is 346 g/mol. The summed E-state index contributed by atoms with van der Waals surface area (Å²) in [4.78, 5) is 27.5. The second-order valence-electron chi connectivity index (χ2n) is 5.43. The van der Waals surface area contributed by atoms with Crippen molar-refractivity contribution in [2.24, 2.45) is 0 Å². The maximum atomic E-state index is 12.7. The highest BCUT2D eigenvalue weighted by Gasteiger charge is 2.35. The van der Waals surface area contributed by atoms with Crippen LogP contribution in [-0.2, 0) is 11.3 Å². The van der Waals surface area contributed by atoms with Gasteiger partial charge in [-0.1, -0.05) is 30.3 Å². The van der Waals surface area contributed by atoms with Crippen LogP contribution in [0.3, 0.4) is 0 Å². The minimum absolute atomic E-state index is 0.0395. The van der Waals surface area contributed by atoms with Crippen LogP contribution in [0.25, 0.3) is 0 Å². The topological polar surface area (TPSA) is 49.4 Å². The molecule has 2 amide bonds. The number of hydrogen-bond acceptors (Lipinski definition) is 4. The second kappa shape index (κ2) is 7.19. The van der Waals surface area contributed by atoms with Crippen LogP contribution in [0, 0.1) is 6.92 Å². The molecule has 2 aromatic rings. The molecule has 1 aliphatic rings. The van der Waals surface area contributed by atoms with E-state index in [1.54, 1.807) is 16.7 Å². The lowest BCUT2D eigenvalue weighted by Crippen LogP contribution is -2.47. The van der Waals surface area contributed by atoms with E-state index >= 15 is 0 Å². The molecule has 0 bridgehead atoms. The Morgan fingerprint density at radius 3 is 2.74 bits per heavy atom. The van der Waals surface area contributed by atoms with Gasteiger partial charge in [-0.3, -0.25) is 9.59 Å². The van der Waals surface area contributed by atoms with Gasteiger partial charge in [-0.05, 0) is 29.5 Å². The van der Waals surface area contributed by atoms with Crippen molar-refractivity contribution in [3.8, 4) is 0 Å². The van der Waals surface area contributed by atoms with Crippen molar-refractivity contribution < 1.29 is 9.59 Å². The fourth-order valence-electron chi connectivity index (χ4n) is 2.49. The lowest BCUT2D eigenvalue weighted by atomic mass is 10.2. The molecule has 4 nitrogen and oxygen atoms in total. The van der Waals surface area contributed by atoms with Gasteiger partial charge in [0.25, 0.3) is 5.91 Å². The number of rotatable bonds is 4. The Hall–Kier alpha value is -1.79. The van der Waals surface area contributed by atoms with Crippen molar-refractivity contribution in [2.45, 2.75) is 19.5 Å². The van der Waals surface area contributed by atoms with Crippen LogP contribution >= 0.6 is 23.1 Å². The van der Waals surface area contributed by atoms with E-state index in [0.29, 0.717) is 18.2 Å². The Bertz CT molecular complexity index is 700. The van der Waals surface area contributed by atoms with Gasteiger partial charge in [0.2, 0.25) is 5.91 Å². The van der Waals surface area contributed by atoms with Gasteiger partial charge >= 0.3 is 0 Å². The molecule has 2 heterocycles. The number of amides is 2. The largest absolute Gasteiger partial charge is 0.350 e. The van der Waals surface area contributed by atoms with E-state index in [1.807, 2.05) is 48.7 Å². The van der Waals surface area contributed by atoms with E-state index in [9.17, 15) is 9.59 Å². The molecule has 0 saturated carbocycles. The summed E-state index contributed by atoms with van der Waals surface area (Å²) in [5.74, 6) is 1.10. The van der Waals surface area contributed by atoms with Gasteiger partial charge in [-0.25, -0.2) is 0 Å². The third-order valence-corrected chi connectivity index (χ3v) is 5.83. The highest BCUT2D eigenvalue weighted by atomic mass is 32.2. The van der Waals surface area contributed by atoms with Gasteiger partial charge < -0.3 is 10.2 Å². The number of nitrogens with one attached hydrogen (secondary N) is 1. The summed E-state index contributed by atoms with van der Waals surface area (Å²) in [5, 5.41) is 4.86. The molecule has 1 saturated heterocycles. The average Bonchev–Trinajstić information content (AvgIpc) is 3.22. The summed E-state index contributed by atoms with van der Waals surface area (Å²) in [7, 11) is 0. The molecule has 0 aliphatic carbocycles. The molecular weight excluding hydrogens is 328 g/mol. The molecule has 1 unspecified atom stereocenters. The fraction of sp³-hybridized carbons (Fsp3) is 0.294. The smallest absolute Gasteiger partial charge is 0.265 e. The van der Waals surface area contributed by atoms with Crippen molar-refractivity contribution in [1.82, 2.24) is 10.2 Å². The predicted octanol–water partition coefficient (Wildman–Crippen LogP) is 2.89. The number of benzene rings is 1. The normalized spacial score (nSPS) is 17.3. The summed E-state index contributed by atoms with van der Waals surface area (Å²) >= 11 is 3.06. The molecule has 6 heteroatoms. The minimum Gasteiger partial charge on any atom is -0.350 e. The fourth-order valence-corrected chi connectivity index (χ4v) is 4.52. The third kappa shape index (κ3) is 3.59. The monoisotopic (exact) mass is 346 g/mol. The first kappa shape index (κ1) is 16.1. The number of hydrogen-bond donors (Lipinski definition) is 1. The zero-order valence-electron chi connectivity index (χ0n) is 12.8. The van der Waals surface area contributed by atoms with Crippen molar-refractivity contribution in [1.29, 1.82) is 0 Å². The van der Waals surface area contributed by atoms with Gasteiger partial charge in [0.1, 0.15) is 6.04 Å². The zero-order chi connectivity index (χ0) is 16.2. The highest BCUT2D eigenvalue weighted by Crippen LogP contribution is 2.26. The lowest BCUT2D eigenvalue weighted by molar-refractivity contribution is -0.124. The molecule has 1 N–H and O–H groups in total. The Labute approximate surface area is 143 Å². The molecule has 0 spiro atoms. The van der Waals surface area contributed by atoms with Crippen molar-refractivity contribution in [2.75, 3.05) is 11.6 Å². The van der Waals surface area contributed by atoms with Gasteiger partial charge in [0.05, 0.1) is 10.8 Å². The lowest BCUT2D eigenvalue weighted by Gasteiger charge is -2.23. The molecule has 1 aromatic carbocycles. The molecular formula is C17H18N2O2S2. The quantitative estimate of drug-likeness (QED) is 0.926. The molecule has 3 rings (SSSR count). The van der Waals surface area contributed by atoms with Crippen LogP contribution in [0.4, 0.5) is 0 Å². The van der Waals surface area contributed by atoms with Crippen LogP contribution in [0.15, 0.2) is 41.8 Å². The molecule has 1 fully saturated rings. The molecule has 1 aromatic heterocycles. The standard InChI is InChI=1S/C17H18N2O2S2/c1-12-7-8-23-15(12)17(21)19-11-22-10-14(19)16(20)18-9-13-5-3-2-4-6-13/h2-8,14H,9-11H2,1H3,(H,18,20). The number of carbonyl (C=O) groups excluding carboxylic acids is 2. The number of thioether (sulfide) groups is 1. The van der Waals surface area contributed by atoms with Crippen molar-refractivity contribution in [3.05, 3.63) is 57.8 Å². The van der Waals surface area contributed by atoms with E-state index in [-0.39, 0.29) is 11.8 Å². The molecule has 1 atom stereocenters. The summed E-state index contributed by atoms with van der Waals surface area (Å²) in [6, 6.07) is 11.3. The first-order valence-electron chi connectivity index (χ1n) is 7.41. The van der Waals surface area contributed by atoms with Gasteiger partial charge in [-0.2, -0.15) is 0 Å². The third-order valence-electron chi connectivity index (χ3n) is 3.81. The van der Waals surface area contributed by atoms with Crippen LogP contribution in [-0.4, -0.2) is 34.4 Å². The van der Waals surface area contributed by atoms with Crippen LogP contribution in [0.5, 0.6) is 0 Å². The van der Waals surface area contributed by atoms with Crippen LogP contribution in [0.2, 0.25) is 0 Å². The van der Waals surface area contributed by atoms with Crippen molar-refractivity contribution >= 4 is 34.9 Å². The maximum absolute atomic E-state index is 12.7. The molecule has 120 valence electrons. The zero-order valence-corrected chi connectivity index (χ0v) is 14.5. The van der Waals surface area contributed by atoms with Crippen molar-refractivity contribution in [3.63, 3.8) is 0 Å². The van der Waals surface area contributed by atoms with Gasteiger partial charge in [0.15, 0.2) is 0 Å².